The van der Waals surface area contributed by atoms with Crippen LogP contribution in [0.3, 0.4) is 0 Å². The van der Waals surface area contributed by atoms with Gasteiger partial charge < -0.3 is 4.57 Å². The molecule has 0 N–H and O–H groups in total. The highest BCUT2D eigenvalue weighted by Crippen LogP contribution is 2.72. The van der Waals surface area contributed by atoms with Crippen molar-refractivity contribution in [2.24, 2.45) is 0 Å². The van der Waals surface area contributed by atoms with Crippen molar-refractivity contribution in [1.29, 1.82) is 0 Å². The van der Waals surface area contributed by atoms with Gasteiger partial charge in [0, 0.05) is 45.1 Å². The molecule has 0 aliphatic carbocycles. The van der Waals surface area contributed by atoms with Crippen molar-refractivity contribution < 1.29 is 4.21 Å². The molecule has 2 aliphatic rings. The first-order chi connectivity index (χ1) is 25.4. The Kier molecular flexibility index (Phi) is 6.40. The maximum Gasteiger partial charge on any atom is 0.0541 e. The molecule has 3 heterocycles. The van der Waals surface area contributed by atoms with E-state index in [0.717, 1.165) is 58.7 Å². The second-order valence-electron chi connectivity index (χ2n) is 17.0. The molecule has 260 valence electrons. The Labute approximate surface area is 312 Å². The minimum atomic E-state index is -4.02. The Bertz CT molecular complexity index is 2780. The first-order valence-corrected chi connectivity index (χ1v) is 20.6. The molecular formula is C50H43NOS. The van der Waals surface area contributed by atoms with Crippen LogP contribution in [0.4, 0.5) is 0 Å². The largest absolute Gasteiger partial charge is 0.309 e. The molecule has 1 aromatic heterocycles. The third-order valence-corrected chi connectivity index (χ3v) is 16.6. The van der Waals surface area contributed by atoms with E-state index in [1.807, 2.05) is 18.2 Å². The number of fused-ring (bicyclic) bond motifs is 13. The minimum absolute atomic E-state index is 0.0280. The molecule has 0 radical (unpaired) electrons. The fraction of sp³-hybridized carbons (Fsp3) is 0.160. The molecule has 1 spiro atoms. The Hall–Kier alpha value is -5.51. The third-order valence-electron chi connectivity index (χ3n) is 11.8. The summed E-state index contributed by atoms with van der Waals surface area (Å²) in [5.74, 6) is 0. The smallest absolute Gasteiger partial charge is 0.0541 e. The Balaban J connectivity index is 1.27. The molecule has 0 saturated carbocycles. The fourth-order valence-corrected chi connectivity index (χ4v) is 14.6. The SMILES string of the molecule is CC(C)(C)c1ccc2c(c1)c1cc(C(C)(C)C)ccc1n2-c1cccc(-c2cccc3c2S2(=O)(c4ccccc4-c4ccccc42)c2ccccc2-3)c1. The number of nitrogens with zero attached hydrogens (tertiary/aromatic N) is 1. The number of aromatic nitrogens is 1. The van der Waals surface area contributed by atoms with Crippen LogP contribution in [0.2, 0.25) is 0 Å². The zero-order valence-electron chi connectivity index (χ0n) is 31.2. The highest BCUT2D eigenvalue weighted by molar-refractivity contribution is 8.21. The van der Waals surface area contributed by atoms with Crippen molar-refractivity contribution in [1.82, 2.24) is 4.57 Å². The summed E-state index contributed by atoms with van der Waals surface area (Å²) in [5, 5.41) is 2.53. The lowest BCUT2D eigenvalue weighted by atomic mass is 9.85. The standard InChI is InChI=1S/C50H43NOS/c1-49(2,3)33-25-27-43-41(30-33)42-31-34(50(4,5)6)26-28-44(42)51(43)35-16-13-15-32(29-35)36-20-14-21-40-39-19-9-12-24-47(39)53(52,48(36)40)45-22-10-7-17-37(45)38-18-8-11-23-46(38)53/h7-31H,1-6H3. The van der Waals surface area contributed by atoms with Gasteiger partial charge in [-0.05, 0) is 110 Å². The van der Waals surface area contributed by atoms with Crippen LogP contribution in [-0.2, 0) is 19.9 Å². The van der Waals surface area contributed by atoms with E-state index in [4.69, 9.17) is 0 Å². The van der Waals surface area contributed by atoms with Crippen LogP contribution in [0.1, 0.15) is 52.7 Å². The summed E-state index contributed by atoms with van der Waals surface area (Å²) in [6, 6.07) is 54.5. The zero-order chi connectivity index (χ0) is 36.5. The summed E-state index contributed by atoms with van der Waals surface area (Å²) in [6.45, 7) is 13.7. The molecule has 2 aliphatic heterocycles. The van der Waals surface area contributed by atoms with Gasteiger partial charge in [0.2, 0.25) is 0 Å². The first kappa shape index (κ1) is 32.2. The highest BCUT2D eigenvalue weighted by Gasteiger charge is 2.58. The quantitative estimate of drug-likeness (QED) is 0.175. The predicted octanol–water partition coefficient (Wildman–Crippen LogP) is 13.4. The van der Waals surface area contributed by atoms with Crippen LogP contribution >= 0.6 is 0 Å². The average Bonchev–Trinajstić information content (AvgIpc) is 3.71. The van der Waals surface area contributed by atoms with Gasteiger partial charge >= 0.3 is 0 Å². The summed E-state index contributed by atoms with van der Waals surface area (Å²) >= 11 is 0. The van der Waals surface area contributed by atoms with E-state index in [0.29, 0.717) is 0 Å². The van der Waals surface area contributed by atoms with Gasteiger partial charge in [-0.2, -0.15) is 0 Å². The fourth-order valence-electron chi connectivity index (χ4n) is 9.21. The van der Waals surface area contributed by atoms with Gasteiger partial charge in [-0.25, -0.2) is 0 Å². The molecule has 3 heteroatoms. The summed E-state index contributed by atoms with van der Waals surface area (Å²) in [6.07, 6.45) is 0. The van der Waals surface area contributed by atoms with Crippen LogP contribution in [-0.4, -0.2) is 8.78 Å². The second-order valence-corrected chi connectivity index (χ2v) is 20.6. The Morgan fingerprint density at radius 3 is 1.38 bits per heavy atom. The maximum absolute atomic E-state index is 17.4. The Morgan fingerprint density at radius 1 is 0.434 bits per heavy atom. The van der Waals surface area contributed by atoms with E-state index < -0.39 is 9.07 Å². The normalized spacial score (nSPS) is 15.8. The molecule has 0 fully saturated rings. The van der Waals surface area contributed by atoms with E-state index in [1.165, 1.54) is 32.9 Å². The van der Waals surface area contributed by atoms with Crippen molar-refractivity contribution in [3.63, 3.8) is 0 Å². The van der Waals surface area contributed by atoms with Crippen molar-refractivity contribution in [3.8, 4) is 39.1 Å². The van der Waals surface area contributed by atoms with Crippen LogP contribution in [0.15, 0.2) is 171 Å². The van der Waals surface area contributed by atoms with Crippen LogP contribution < -0.4 is 0 Å². The molecule has 10 rings (SSSR count). The molecule has 7 aromatic carbocycles. The monoisotopic (exact) mass is 705 g/mol. The van der Waals surface area contributed by atoms with Crippen molar-refractivity contribution in [2.45, 2.75) is 72.0 Å². The average molecular weight is 706 g/mol. The molecule has 8 aromatic rings. The van der Waals surface area contributed by atoms with E-state index in [2.05, 4.69) is 180 Å². The lowest BCUT2D eigenvalue weighted by Crippen LogP contribution is -2.30. The molecule has 0 bridgehead atoms. The van der Waals surface area contributed by atoms with E-state index >= 15 is 4.21 Å². The zero-order valence-corrected chi connectivity index (χ0v) is 32.0. The van der Waals surface area contributed by atoms with Gasteiger partial charge in [0.05, 0.1) is 11.0 Å². The summed E-state index contributed by atoms with van der Waals surface area (Å²) < 4.78 is 19.8. The number of hydrogen-bond donors (Lipinski definition) is 0. The Morgan fingerprint density at radius 2 is 0.868 bits per heavy atom. The molecule has 53 heavy (non-hydrogen) atoms. The molecule has 0 saturated heterocycles. The van der Waals surface area contributed by atoms with Gasteiger partial charge in [-0.1, -0.05) is 139 Å². The van der Waals surface area contributed by atoms with E-state index in [-0.39, 0.29) is 10.8 Å². The van der Waals surface area contributed by atoms with Gasteiger partial charge in [0.1, 0.15) is 0 Å². The van der Waals surface area contributed by atoms with Crippen LogP contribution in [0, 0.1) is 0 Å². The first-order valence-electron chi connectivity index (χ1n) is 18.7. The number of rotatable bonds is 2. The summed E-state index contributed by atoms with van der Waals surface area (Å²) in [7, 11) is -4.02. The molecule has 0 atom stereocenters. The summed E-state index contributed by atoms with van der Waals surface area (Å²) in [5.41, 5.74) is 12.4. The van der Waals surface area contributed by atoms with Crippen molar-refractivity contribution >= 4 is 30.9 Å². The highest BCUT2D eigenvalue weighted by atomic mass is 32.3. The van der Waals surface area contributed by atoms with E-state index in [9.17, 15) is 0 Å². The van der Waals surface area contributed by atoms with Crippen molar-refractivity contribution in [3.05, 3.63) is 163 Å². The lowest BCUT2D eigenvalue weighted by Gasteiger charge is -2.40. The maximum atomic E-state index is 17.4. The van der Waals surface area contributed by atoms with Gasteiger partial charge in [-0.15, -0.1) is 0 Å². The second kappa shape index (κ2) is 10.6. The number of hydrogen-bond acceptors (Lipinski definition) is 1. The van der Waals surface area contributed by atoms with Gasteiger partial charge in [0.15, 0.2) is 0 Å². The topological polar surface area (TPSA) is 22.0 Å². The predicted molar refractivity (Wildman–Crippen MR) is 222 cm³/mol. The lowest BCUT2D eigenvalue weighted by molar-refractivity contribution is 0.590. The molecule has 0 amide bonds. The van der Waals surface area contributed by atoms with E-state index in [1.54, 1.807) is 0 Å². The van der Waals surface area contributed by atoms with Gasteiger partial charge in [-0.3, -0.25) is 4.21 Å². The number of benzene rings is 7. The van der Waals surface area contributed by atoms with Gasteiger partial charge in [0.25, 0.3) is 0 Å². The van der Waals surface area contributed by atoms with Crippen molar-refractivity contribution in [2.75, 3.05) is 0 Å². The third kappa shape index (κ3) is 4.12. The summed E-state index contributed by atoms with van der Waals surface area (Å²) in [4.78, 5) is 3.65. The minimum Gasteiger partial charge on any atom is -0.309 e. The van der Waals surface area contributed by atoms with Crippen LogP contribution in [0.25, 0.3) is 60.9 Å². The molecule has 0 unspecified atom stereocenters. The van der Waals surface area contributed by atoms with Crippen LogP contribution in [0.5, 0.6) is 0 Å². The molecule has 2 nitrogen and oxygen atoms in total. The molecular weight excluding hydrogens is 663 g/mol.